The minimum Gasteiger partial charge on any atom is -0.493 e. The van der Waals surface area contributed by atoms with Gasteiger partial charge in [0.1, 0.15) is 6.73 Å². The van der Waals surface area contributed by atoms with Crippen LogP contribution in [0.5, 0.6) is 5.88 Å². The number of aliphatic hydroxyl groups is 1. The zero-order valence-electron chi connectivity index (χ0n) is 6.40. The Morgan fingerprint density at radius 1 is 1.55 bits per heavy atom. The van der Waals surface area contributed by atoms with Crippen LogP contribution in [0.2, 0.25) is 0 Å². The highest BCUT2D eigenvalue weighted by molar-refractivity contribution is 5.17. The van der Waals surface area contributed by atoms with Crippen molar-refractivity contribution >= 4 is 0 Å². The van der Waals surface area contributed by atoms with Gasteiger partial charge in [0.05, 0.1) is 5.69 Å². The van der Waals surface area contributed by atoms with Crippen LogP contribution in [0.3, 0.4) is 0 Å². The number of aliphatic hydroxyl groups excluding tert-OH is 1. The molecule has 2 N–H and O–H groups in total. The van der Waals surface area contributed by atoms with E-state index in [0.29, 0.717) is 5.69 Å². The summed E-state index contributed by atoms with van der Waals surface area (Å²) in [5.41, 5.74) is 0.0338. The van der Waals surface area contributed by atoms with Gasteiger partial charge in [0.2, 0.25) is 5.88 Å². The van der Waals surface area contributed by atoms with Gasteiger partial charge >= 0.3 is 5.69 Å². The third kappa shape index (κ3) is 0.932. The smallest absolute Gasteiger partial charge is 0.332 e. The van der Waals surface area contributed by atoms with E-state index in [1.807, 2.05) is 0 Å². The van der Waals surface area contributed by atoms with E-state index in [2.05, 4.69) is 0 Å². The van der Waals surface area contributed by atoms with Gasteiger partial charge in [-0.15, -0.1) is 0 Å². The first-order valence-corrected chi connectivity index (χ1v) is 3.15. The molecule has 0 aromatic carbocycles. The molecule has 1 aromatic heterocycles. The molecule has 1 aromatic rings. The van der Waals surface area contributed by atoms with Crippen molar-refractivity contribution in [1.82, 2.24) is 9.13 Å². The van der Waals surface area contributed by atoms with Gasteiger partial charge in [-0.1, -0.05) is 0 Å². The van der Waals surface area contributed by atoms with Crippen LogP contribution in [-0.2, 0) is 13.8 Å². The van der Waals surface area contributed by atoms with E-state index in [1.54, 1.807) is 6.92 Å². The van der Waals surface area contributed by atoms with Gasteiger partial charge in [-0.05, 0) is 6.92 Å². The Balaban J connectivity index is 3.49. The number of aromatic hydroxyl groups is 1. The molecular weight excluding hydrogens is 148 g/mol. The highest BCUT2D eigenvalue weighted by Crippen LogP contribution is 2.11. The highest BCUT2D eigenvalue weighted by Gasteiger charge is 2.11. The van der Waals surface area contributed by atoms with Crippen molar-refractivity contribution in [2.24, 2.45) is 7.05 Å². The molecule has 1 heterocycles. The first kappa shape index (κ1) is 7.87. The second-order valence-electron chi connectivity index (χ2n) is 2.32. The molecule has 0 saturated heterocycles. The van der Waals surface area contributed by atoms with Crippen LogP contribution in [0.1, 0.15) is 5.69 Å². The van der Waals surface area contributed by atoms with Crippen LogP contribution in [0, 0.1) is 6.92 Å². The molecule has 5 heteroatoms. The predicted molar refractivity (Wildman–Crippen MR) is 38.3 cm³/mol. The molecule has 0 unspecified atom stereocenters. The number of aromatic nitrogens is 2. The molecule has 11 heavy (non-hydrogen) atoms. The lowest BCUT2D eigenvalue weighted by Gasteiger charge is -1.94. The van der Waals surface area contributed by atoms with Gasteiger partial charge in [-0.2, -0.15) is 0 Å². The van der Waals surface area contributed by atoms with Gasteiger partial charge in [0.25, 0.3) is 0 Å². The second kappa shape index (κ2) is 2.43. The molecule has 0 atom stereocenters. The lowest BCUT2D eigenvalue weighted by Crippen LogP contribution is -2.22. The number of hydrogen-bond acceptors (Lipinski definition) is 3. The molecule has 5 nitrogen and oxygen atoms in total. The molecule has 0 aliphatic carbocycles. The predicted octanol–water partition coefficient (Wildman–Crippen LogP) is -0.849. The average Bonchev–Trinajstić information content (AvgIpc) is 2.17. The molecule has 0 saturated carbocycles. The molecule has 0 aliphatic rings. The number of imidazole rings is 1. The molecule has 0 spiro atoms. The van der Waals surface area contributed by atoms with Crippen LogP contribution in [-0.4, -0.2) is 19.3 Å². The van der Waals surface area contributed by atoms with Gasteiger partial charge in [-0.3, -0.25) is 4.57 Å². The molecule has 62 valence electrons. The minimum absolute atomic E-state index is 0.181. The third-order valence-electron chi connectivity index (χ3n) is 1.74. The number of nitrogens with zero attached hydrogens (tertiary/aromatic N) is 2. The molecule has 0 bridgehead atoms. The zero-order valence-corrected chi connectivity index (χ0v) is 6.40. The number of hydrogen-bond donors (Lipinski definition) is 2. The Kier molecular flexibility index (Phi) is 1.74. The van der Waals surface area contributed by atoms with Crippen molar-refractivity contribution in [3.63, 3.8) is 0 Å². The topological polar surface area (TPSA) is 67.4 Å². The highest BCUT2D eigenvalue weighted by atomic mass is 16.3. The van der Waals surface area contributed by atoms with E-state index in [4.69, 9.17) is 5.11 Å². The summed E-state index contributed by atoms with van der Waals surface area (Å²) >= 11 is 0. The Hall–Kier alpha value is -1.23. The summed E-state index contributed by atoms with van der Waals surface area (Å²) in [6, 6.07) is 0. The van der Waals surface area contributed by atoms with E-state index >= 15 is 0 Å². The Morgan fingerprint density at radius 3 is 2.27 bits per heavy atom. The zero-order chi connectivity index (χ0) is 8.59. The molecule has 0 aliphatic heterocycles. The largest absolute Gasteiger partial charge is 0.493 e. The van der Waals surface area contributed by atoms with Crippen molar-refractivity contribution in [3.8, 4) is 5.88 Å². The van der Waals surface area contributed by atoms with Crippen molar-refractivity contribution < 1.29 is 10.2 Å². The quantitative estimate of drug-likeness (QED) is 0.559. The fourth-order valence-corrected chi connectivity index (χ4v) is 0.888. The lowest BCUT2D eigenvalue weighted by atomic mass is 10.5. The van der Waals surface area contributed by atoms with Crippen LogP contribution in [0.15, 0.2) is 4.79 Å². The molecule has 0 radical (unpaired) electrons. The van der Waals surface area contributed by atoms with E-state index in [9.17, 15) is 9.90 Å². The van der Waals surface area contributed by atoms with Crippen molar-refractivity contribution in [3.05, 3.63) is 16.2 Å². The maximum absolute atomic E-state index is 11.0. The van der Waals surface area contributed by atoms with Crippen LogP contribution >= 0.6 is 0 Å². The number of rotatable bonds is 1. The average molecular weight is 158 g/mol. The fourth-order valence-electron chi connectivity index (χ4n) is 0.888. The molecule has 1 rings (SSSR count). The summed E-state index contributed by atoms with van der Waals surface area (Å²) < 4.78 is 2.15. The third-order valence-corrected chi connectivity index (χ3v) is 1.74. The summed E-state index contributed by atoms with van der Waals surface area (Å²) in [5, 5.41) is 17.8. The summed E-state index contributed by atoms with van der Waals surface area (Å²) in [6.07, 6.45) is 0. The van der Waals surface area contributed by atoms with E-state index in [0.717, 1.165) is 4.57 Å². The Bertz CT molecular complexity index is 323. The van der Waals surface area contributed by atoms with Gasteiger partial charge in [0.15, 0.2) is 0 Å². The SMILES string of the molecule is Cc1c(O)n(CO)c(=O)n1C. The maximum Gasteiger partial charge on any atom is 0.332 e. The van der Waals surface area contributed by atoms with Gasteiger partial charge in [0, 0.05) is 7.05 Å². The summed E-state index contributed by atoms with van der Waals surface area (Å²) in [6.45, 7) is 1.11. The fraction of sp³-hybridized carbons (Fsp3) is 0.500. The molecule has 0 fully saturated rings. The molecule has 0 amide bonds. The van der Waals surface area contributed by atoms with Crippen molar-refractivity contribution in [2.75, 3.05) is 0 Å². The summed E-state index contributed by atoms with van der Waals surface area (Å²) in [5.74, 6) is -0.181. The van der Waals surface area contributed by atoms with Crippen molar-refractivity contribution in [1.29, 1.82) is 0 Å². The summed E-state index contributed by atoms with van der Waals surface area (Å²) in [4.78, 5) is 11.0. The maximum atomic E-state index is 11.0. The monoisotopic (exact) mass is 158 g/mol. The summed E-state index contributed by atoms with van der Waals surface area (Å²) in [7, 11) is 1.53. The molecular formula is C6H10N2O3. The minimum atomic E-state index is -0.494. The van der Waals surface area contributed by atoms with Crippen LogP contribution < -0.4 is 5.69 Å². The van der Waals surface area contributed by atoms with Gasteiger partial charge in [-0.25, -0.2) is 9.36 Å². The standard InChI is InChI=1S/C6H10N2O3/c1-4-5(10)8(3-9)6(11)7(4)2/h9-10H,3H2,1-2H3. The second-order valence-corrected chi connectivity index (χ2v) is 2.32. The van der Waals surface area contributed by atoms with Crippen LogP contribution in [0.4, 0.5) is 0 Å². The first-order valence-electron chi connectivity index (χ1n) is 3.15. The first-order chi connectivity index (χ1) is 5.09. The van der Waals surface area contributed by atoms with Crippen LogP contribution in [0.25, 0.3) is 0 Å². The lowest BCUT2D eigenvalue weighted by molar-refractivity contribution is 0.191. The van der Waals surface area contributed by atoms with E-state index in [-0.39, 0.29) is 5.88 Å². The Morgan fingerprint density at radius 2 is 2.09 bits per heavy atom. The Labute approximate surface area is 63.1 Å². The van der Waals surface area contributed by atoms with Gasteiger partial charge < -0.3 is 10.2 Å². The van der Waals surface area contributed by atoms with Crippen molar-refractivity contribution in [2.45, 2.75) is 13.7 Å². The van der Waals surface area contributed by atoms with E-state index < -0.39 is 12.4 Å². The van der Waals surface area contributed by atoms with E-state index in [1.165, 1.54) is 11.6 Å². The normalized spacial score (nSPS) is 10.5.